The Hall–Kier alpha value is -4.66. The van der Waals surface area contributed by atoms with E-state index in [1.807, 2.05) is 0 Å². The first-order chi connectivity index (χ1) is 17.8. The molecule has 0 saturated carbocycles. The molecule has 0 radical (unpaired) electrons. The molecule has 4 rings (SSSR count). The van der Waals surface area contributed by atoms with Crippen molar-refractivity contribution in [3.63, 3.8) is 0 Å². The van der Waals surface area contributed by atoms with Crippen LogP contribution in [0.1, 0.15) is 34.8 Å². The van der Waals surface area contributed by atoms with Gasteiger partial charge in [0.15, 0.2) is 11.3 Å². The minimum Gasteiger partial charge on any atom is -0.497 e. The number of Topliss-reactive ketones (excluding diaryl/α,β-unsaturated/α-hetero) is 1. The molecule has 1 aliphatic rings. The second-order valence-corrected chi connectivity index (χ2v) is 8.43. The minimum atomic E-state index is -1.54. The van der Waals surface area contributed by atoms with E-state index in [1.54, 1.807) is 79.7 Å². The molecule has 1 aliphatic heterocycles. The molecule has 3 aromatic rings. The molecule has 0 atom stereocenters. The Bertz CT molecular complexity index is 1270. The number of amides is 4. The number of nitrogens with zero attached hydrogens (tertiary/aromatic N) is 1. The highest BCUT2D eigenvalue weighted by Gasteiger charge is 2.54. The van der Waals surface area contributed by atoms with Crippen LogP contribution in [0.5, 0.6) is 11.5 Å². The van der Waals surface area contributed by atoms with Gasteiger partial charge in [-0.15, -0.1) is 0 Å². The normalized spacial score (nSPS) is 14.2. The second-order valence-electron chi connectivity index (χ2n) is 8.43. The van der Waals surface area contributed by atoms with Crippen molar-refractivity contribution in [3.8, 4) is 11.5 Å². The first-order valence-corrected chi connectivity index (χ1v) is 11.7. The zero-order chi connectivity index (χ0) is 26.6. The quantitative estimate of drug-likeness (QED) is 0.341. The summed E-state index contributed by atoms with van der Waals surface area (Å²) in [4.78, 5) is 52.6. The van der Waals surface area contributed by atoms with Crippen molar-refractivity contribution in [3.05, 3.63) is 89.5 Å². The van der Waals surface area contributed by atoms with Crippen LogP contribution in [0.2, 0.25) is 0 Å². The number of nitrogens with one attached hydrogen (secondary N) is 2. The zero-order valence-electron chi connectivity index (χ0n) is 20.7. The van der Waals surface area contributed by atoms with Crippen molar-refractivity contribution >= 4 is 29.3 Å². The molecular formula is C28H27N3O6. The standard InChI is InChI=1S/C28H27N3O6/c1-4-25(33)29-21-11-5-18(6-12-21)24(32)17-31-26(34)28(30-27(31)35,19-7-13-22(36-2)14-8-19)20-9-15-23(37-3)16-10-20/h5-16H,4,17H2,1-3H3,(H,29,33)(H,30,35). The smallest absolute Gasteiger partial charge is 0.325 e. The summed E-state index contributed by atoms with van der Waals surface area (Å²) in [6.45, 7) is 1.29. The third-order valence-corrected chi connectivity index (χ3v) is 6.27. The summed E-state index contributed by atoms with van der Waals surface area (Å²) < 4.78 is 10.5. The Morgan fingerprint density at radius 2 is 1.35 bits per heavy atom. The Morgan fingerprint density at radius 3 is 1.81 bits per heavy atom. The summed E-state index contributed by atoms with van der Waals surface area (Å²) in [5.74, 6) is 0.0454. The number of carbonyl (C=O) groups excluding carboxylic acids is 4. The molecule has 0 aromatic heterocycles. The van der Waals surface area contributed by atoms with Crippen LogP contribution in [0.3, 0.4) is 0 Å². The summed E-state index contributed by atoms with van der Waals surface area (Å²) in [7, 11) is 3.07. The number of urea groups is 1. The van der Waals surface area contributed by atoms with Gasteiger partial charge in [-0.05, 0) is 59.7 Å². The maximum absolute atomic E-state index is 13.9. The lowest BCUT2D eigenvalue weighted by Gasteiger charge is -2.28. The van der Waals surface area contributed by atoms with Crippen LogP contribution in [0.25, 0.3) is 0 Å². The van der Waals surface area contributed by atoms with Crippen LogP contribution in [-0.4, -0.2) is 49.3 Å². The van der Waals surface area contributed by atoms with Crippen LogP contribution >= 0.6 is 0 Å². The number of ether oxygens (including phenoxy) is 2. The average Bonchev–Trinajstić information content (AvgIpc) is 3.19. The fraction of sp³-hybridized carbons (Fsp3) is 0.214. The SMILES string of the molecule is CCC(=O)Nc1ccc(C(=O)CN2C(=O)NC(c3ccc(OC)cc3)(c3ccc(OC)cc3)C2=O)cc1. The largest absolute Gasteiger partial charge is 0.497 e. The number of anilines is 1. The Kier molecular flexibility index (Phi) is 7.24. The van der Waals surface area contributed by atoms with Crippen molar-refractivity contribution in [1.29, 1.82) is 0 Å². The summed E-state index contributed by atoms with van der Waals surface area (Å²) in [5, 5.41) is 5.54. The van der Waals surface area contributed by atoms with E-state index in [0.717, 1.165) is 4.90 Å². The highest BCUT2D eigenvalue weighted by molar-refractivity contribution is 6.13. The van der Waals surface area contributed by atoms with Gasteiger partial charge in [-0.2, -0.15) is 0 Å². The van der Waals surface area contributed by atoms with Crippen molar-refractivity contribution < 1.29 is 28.7 Å². The molecule has 9 nitrogen and oxygen atoms in total. The molecule has 9 heteroatoms. The van der Waals surface area contributed by atoms with Crippen LogP contribution in [0.15, 0.2) is 72.8 Å². The van der Waals surface area contributed by atoms with E-state index >= 15 is 0 Å². The van der Waals surface area contributed by atoms with E-state index in [2.05, 4.69) is 10.6 Å². The van der Waals surface area contributed by atoms with Gasteiger partial charge in [0, 0.05) is 17.7 Å². The van der Waals surface area contributed by atoms with E-state index in [-0.39, 0.29) is 5.91 Å². The van der Waals surface area contributed by atoms with E-state index in [9.17, 15) is 19.2 Å². The first kappa shape index (κ1) is 25.4. The molecular weight excluding hydrogens is 474 g/mol. The fourth-order valence-electron chi connectivity index (χ4n) is 4.18. The van der Waals surface area contributed by atoms with Crippen molar-refractivity contribution in [2.45, 2.75) is 18.9 Å². The highest BCUT2D eigenvalue weighted by atomic mass is 16.5. The molecule has 1 saturated heterocycles. The molecule has 4 amide bonds. The third-order valence-electron chi connectivity index (χ3n) is 6.27. The van der Waals surface area contributed by atoms with Crippen LogP contribution < -0.4 is 20.1 Å². The average molecular weight is 502 g/mol. The molecule has 1 fully saturated rings. The Labute approximate surface area is 214 Å². The predicted molar refractivity (Wildman–Crippen MR) is 137 cm³/mol. The number of hydrogen-bond acceptors (Lipinski definition) is 6. The van der Waals surface area contributed by atoms with E-state index in [4.69, 9.17) is 9.47 Å². The molecule has 37 heavy (non-hydrogen) atoms. The number of methoxy groups -OCH3 is 2. The zero-order valence-corrected chi connectivity index (χ0v) is 20.7. The monoisotopic (exact) mass is 501 g/mol. The van der Waals surface area contributed by atoms with Gasteiger partial charge in [0.25, 0.3) is 5.91 Å². The molecule has 0 unspecified atom stereocenters. The Balaban J connectivity index is 1.65. The summed E-state index contributed by atoms with van der Waals surface area (Å²) >= 11 is 0. The fourth-order valence-corrected chi connectivity index (χ4v) is 4.18. The van der Waals surface area contributed by atoms with Gasteiger partial charge in [0.2, 0.25) is 5.91 Å². The van der Waals surface area contributed by atoms with Crippen molar-refractivity contribution in [1.82, 2.24) is 10.2 Å². The predicted octanol–water partition coefficient (Wildman–Crippen LogP) is 3.73. The third kappa shape index (κ3) is 4.88. The molecule has 0 bridgehead atoms. The van der Waals surface area contributed by atoms with Gasteiger partial charge in [0.05, 0.1) is 20.8 Å². The van der Waals surface area contributed by atoms with Gasteiger partial charge >= 0.3 is 6.03 Å². The first-order valence-electron chi connectivity index (χ1n) is 11.7. The number of ketones is 1. The summed E-state index contributed by atoms with van der Waals surface area (Å²) in [5.41, 5.74) is 0.355. The number of benzene rings is 3. The summed E-state index contributed by atoms with van der Waals surface area (Å²) in [6, 6.07) is 19.2. The van der Waals surface area contributed by atoms with E-state index in [0.29, 0.717) is 40.3 Å². The van der Waals surface area contributed by atoms with Gasteiger partial charge in [-0.3, -0.25) is 19.3 Å². The lowest BCUT2D eigenvalue weighted by Crippen LogP contribution is -2.45. The van der Waals surface area contributed by atoms with Crippen molar-refractivity contribution in [2.75, 3.05) is 26.1 Å². The number of carbonyl (C=O) groups is 4. The maximum Gasteiger partial charge on any atom is 0.325 e. The highest BCUT2D eigenvalue weighted by Crippen LogP contribution is 2.37. The second kappa shape index (κ2) is 10.5. The van der Waals surface area contributed by atoms with Crippen molar-refractivity contribution in [2.24, 2.45) is 0 Å². The lowest BCUT2D eigenvalue weighted by molar-refractivity contribution is -0.130. The molecule has 3 aromatic carbocycles. The summed E-state index contributed by atoms with van der Waals surface area (Å²) in [6.07, 6.45) is 0.330. The topological polar surface area (TPSA) is 114 Å². The van der Waals surface area contributed by atoms with Gasteiger partial charge in [0.1, 0.15) is 11.5 Å². The number of hydrogen-bond donors (Lipinski definition) is 2. The maximum atomic E-state index is 13.9. The lowest BCUT2D eigenvalue weighted by atomic mass is 9.82. The van der Waals surface area contributed by atoms with Gasteiger partial charge < -0.3 is 20.1 Å². The molecule has 1 heterocycles. The van der Waals surface area contributed by atoms with Crippen LogP contribution in [0.4, 0.5) is 10.5 Å². The molecule has 2 N–H and O–H groups in total. The molecule has 190 valence electrons. The van der Waals surface area contributed by atoms with Gasteiger partial charge in [-0.25, -0.2) is 4.79 Å². The van der Waals surface area contributed by atoms with E-state index in [1.165, 1.54) is 14.2 Å². The van der Waals surface area contributed by atoms with Crippen LogP contribution in [-0.2, 0) is 15.1 Å². The minimum absolute atomic E-state index is 0.146. The number of rotatable bonds is 9. The van der Waals surface area contributed by atoms with Gasteiger partial charge in [-0.1, -0.05) is 31.2 Å². The van der Waals surface area contributed by atoms with E-state index < -0.39 is 29.8 Å². The molecule has 0 spiro atoms. The van der Waals surface area contributed by atoms with Crippen LogP contribution in [0, 0.1) is 0 Å². The Morgan fingerprint density at radius 1 is 0.838 bits per heavy atom. The molecule has 0 aliphatic carbocycles. The number of imide groups is 1.